The fraction of sp³-hybridized carbons (Fsp3) is 0.263. The molecule has 2 aromatic rings. The number of rotatable bonds is 6. The van der Waals surface area contributed by atoms with Crippen LogP contribution in [-0.4, -0.2) is 12.6 Å². The van der Waals surface area contributed by atoms with Crippen molar-refractivity contribution in [3.05, 3.63) is 71.3 Å². The Kier molecular flexibility index (Phi) is 6.02. The van der Waals surface area contributed by atoms with E-state index in [2.05, 4.69) is 6.07 Å². The maximum Gasteiger partial charge on any atom is 0.302 e. The molecule has 0 aliphatic carbocycles. The maximum atomic E-state index is 14.2. The van der Waals surface area contributed by atoms with E-state index in [0.29, 0.717) is 5.56 Å². The molecule has 0 aromatic heterocycles. The van der Waals surface area contributed by atoms with E-state index in [-0.39, 0.29) is 18.6 Å². The van der Waals surface area contributed by atoms with Crippen molar-refractivity contribution in [2.24, 2.45) is 0 Å². The van der Waals surface area contributed by atoms with Gasteiger partial charge in [-0.3, -0.25) is 4.79 Å². The summed E-state index contributed by atoms with van der Waals surface area (Å²) in [5.74, 6) is -3.42. The minimum Gasteiger partial charge on any atom is -0.466 e. The predicted octanol–water partition coefficient (Wildman–Crippen LogP) is 4.31. The molecule has 0 N–H and O–H groups in total. The van der Waals surface area contributed by atoms with Crippen molar-refractivity contribution >= 4 is 5.97 Å². The third-order valence-electron chi connectivity index (χ3n) is 3.80. The summed E-state index contributed by atoms with van der Waals surface area (Å²) >= 11 is 0. The van der Waals surface area contributed by atoms with Crippen LogP contribution in [0.4, 0.5) is 8.78 Å². The molecule has 0 aliphatic rings. The van der Waals surface area contributed by atoms with Crippen LogP contribution in [0.2, 0.25) is 0 Å². The number of ether oxygens (including phenoxy) is 1. The van der Waals surface area contributed by atoms with E-state index < -0.39 is 29.4 Å². The van der Waals surface area contributed by atoms with Gasteiger partial charge in [0.25, 0.3) is 0 Å². The van der Waals surface area contributed by atoms with Crippen LogP contribution in [0.25, 0.3) is 0 Å². The van der Waals surface area contributed by atoms with E-state index in [0.717, 1.165) is 12.1 Å². The number of carbonyl (C=O) groups is 1. The van der Waals surface area contributed by atoms with Crippen LogP contribution in [0.5, 0.6) is 0 Å². The van der Waals surface area contributed by atoms with Gasteiger partial charge in [0.2, 0.25) is 0 Å². The topological polar surface area (TPSA) is 50.1 Å². The van der Waals surface area contributed by atoms with E-state index in [9.17, 15) is 18.8 Å². The van der Waals surface area contributed by atoms with E-state index in [4.69, 9.17) is 4.74 Å². The molecule has 0 saturated carbocycles. The summed E-state index contributed by atoms with van der Waals surface area (Å²) in [6.07, 6.45) is 0.143. The monoisotopic (exact) mass is 329 g/mol. The average Bonchev–Trinajstić information content (AvgIpc) is 2.55. The number of nitrogens with zero attached hydrogens (tertiary/aromatic N) is 1. The highest BCUT2D eigenvalue weighted by Gasteiger charge is 2.29. The Labute approximate surface area is 139 Å². The van der Waals surface area contributed by atoms with Crippen LogP contribution < -0.4 is 0 Å². The molecule has 5 heteroatoms. The minimum absolute atomic E-state index is 0.0151. The zero-order valence-electron chi connectivity index (χ0n) is 13.2. The summed E-state index contributed by atoms with van der Waals surface area (Å²) in [7, 11) is 0. The molecule has 24 heavy (non-hydrogen) atoms. The largest absolute Gasteiger partial charge is 0.466 e. The molecule has 0 saturated heterocycles. The van der Waals surface area contributed by atoms with Gasteiger partial charge in [-0.05, 0) is 24.1 Å². The minimum atomic E-state index is -0.766. The fourth-order valence-corrected chi connectivity index (χ4v) is 2.73. The van der Waals surface area contributed by atoms with E-state index in [1.165, 1.54) is 13.0 Å². The summed E-state index contributed by atoms with van der Waals surface area (Å²) in [5, 5.41) is 9.60. The molecular formula is C19H17F2NO2. The molecule has 1 unspecified atom stereocenters. The van der Waals surface area contributed by atoms with Crippen LogP contribution >= 0.6 is 0 Å². The van der Waals surface area contributed by atoms with Gasteiger partial charge in [-0.1, -0.05) is 36.4 Å². The van der Waals surface area contributed by atoms with Crippen LogP contribution in [0.3, 0.4) is 0 Å². The lowest BCUT2D eigenvalue weighted by molar-refractivity contribution is -0.141. The molecule has 0 spiro atoms. The van der Waals surface area contributed by atoms with Crippen molar-refractivity contribution in [1.29, 1.82) is 5.26 Å². The molecule has 2 atom stereocenters. The molecule has 3 nitrogen and oxygen atoms in total. The van der Waals surface area contributed by atoms with E-state index in [1.807, 2.05) is 0 Å². The van der Waals surface area contributed by atoms with Crippen molar-refractivity contribution in [2.75, 3.05) is 6.61 Å². The molecular weight excluding hydrogens is 312 g/mol. The van der Waals surface area contributed by atoms with Crippen LogP contribution in [0, 0.1) is 23.0 Å². The lowest BCUT2D eigenvalue weighted by Gasteiger charge is -2.23. The van der Waals surface area contributed by atoms with Crippen molar-refractivity contribution in [2.45, 2.75) is 25.2 Å². The van der Waals surface area contributed by atoms with Gasteiger partial charge < -0.3 is 4.74 Å². The van der Waals surface area contributed by atoms with Gasteiger partial charge in [0.05, 0.1) is 18.6 Å². The Morgan fingerprint density at radius 1 is 1.12 bits per heavy atom. The lowest BCUT2D eigenvalue weighted by Crippen LogP contribution is -2.16. The molecule has 0 amide bonds. The summed E-state index contributed by atoms with van der Waals surface area (Å²) in [6.45, 7) is 1.25. The van der Waals surface area contributed by atoms with Gasteiger partial charge in [0, 0.05) is 18.4 Å². The zero-order chi connectivity index (χ0) is 17.5. The first-order valence-corrected chi connectivity index (χ1v) is 7.56. The van der Waals surface area contributed by atoms with Crippen LogP contribution in [0.1, 0.15) is 36.3 Å². The number of benzene rings is 2. The number of halogens is 2. The molecule has 0 fully saturated rings. The SMILES string of the molecule is CC(=O)OCC[C@@H](c1c(F)cccc1F)C(C#N)c1ccccc1. The summed E-state index contributed by atoms with van der Waals surface area (Å²) < 4.78 is 33.4. The fourth-order valence-electron chi connectivity index (χ4n) is 2.73. The molecule has 0 heterocycles. The van der Waals surface area contributed by atoms with Gasteiger partial charge in [0.1, 0.15) is 11.6 Å². The van der Waals surface area contributed by atoms with Crippen LogP contribution in [-0.2, 0) is 9.53 Å². The molecule has 0 bridgehead atoms. The Balaban J connectivity index is 2.42. The third kappa shape index (κ3) is 4.17. The van der Waals surface area contributed by atoms with E-state index in [1.54, 1.807) is 30.3 Å². The lowest BCUT2D eigenvalue weighted by atomic mass is 9.80. The van der Waals surface area contributed by atoms with Gasteiger partial charge in [-0.15, -0.1) is 0 Å². The number of esters is 1. The number of carbonyl (C=O) groups excluding carboxylic acids is 1. The molecule has 0 aliphatic heterocycles. The maximum absolute atomic E-state index is 14.2. The highest BCUT2D eigenvalue weighted by molar-refractivity contribution is 5.65. The van der Waals surface area contributed by atoms with Crippen LogP contribution in [0.15, 0.2) is 48.5 Å². The Bertz CT molecular complexity index is 721. The molecule has 2 aromatic carbocycles. The molecule has 124 valence electrons. The number of hydrogen-bond acceptors (Lipinski definition) is 3. The second-order valence-electron chi connectivity index (χ2n) is 5.39. The molecule has 2 rings (SSSR count). The van der Waals surface area contributed by atoms with Gasteiger partial charge >= 0.3 is 5.97 Å². The average molecular weight is 329 g/mol. The van der Waals surface area contributed by atoms with Crippen molar-refractivity contribution in [3.63, 3.8) is 0 Å². The zero-order valence-corrected chi connectivity index (χ0v) is 13.2. The Morgan fingerprint density at radius 3 is 2.29 bits per heavy atom. The van der Waals surface area contributed by atoms with Gasteiger partial charge in [-0.2, -0.15) is 5.26 Å². The van der Waals surface area contributed by atoms with Crippen molar-refractivity contribution < 1.29 is 18.3 Å². The number of hydrogen-bond donors (Lipinski definition) is 0. The summed E-state index contributed by atoms with van der Waals surface area (Å²) in [4.78, 5) is 11.0. The smallest absolute Gasteiger partial charge is 0.302 e. The first kappa shape index (κ1) is 17.6. The quantitative estimate of drug-likeness (QED) is 0.742. The Hall–Kier alpha value is -2.74. The van der Waals surface area contributed by atoms with Gasteiger partial charge in [-0.25, -0.2) is 8.78 Å². The first-order valence-electron chi connectivity index (χ1n) is 7.56. The van der Waals surface area contributed by atoms with Crippen molar-refractivity contribution in [3.8, 4) is 6.07 Å². The highest BCUT2D eigenvalue weighted by Crippen LogP contribution is 2.37. The van der Waals surface area contributed by atoms with E-state index >= 15 is 0 Å². The second-order valence-corrected chi connectivity index (χ2v) is 5.39. The van der Waals surface area contributed by atoms with Crippen molar-refractivity contribution in [1.82, 2.24) is 0 Å². The summed E-state index contributed by atoms with van der Waals surface area (Å²) in [5.41, 5.74) is 0.510. The molecule has 0 radical (unpaired) electrons. The predicted molar refractivity (Wildman–Crippen MR) is 85.1 cm³/mol. The highest BCUT2D eigenvalue weighted by atomic mass is 19.1. The normalized spacial score (nSPS) is 12.9. The number of nitriles is 1. The second kappa shape index (κ2) is 8.21. The third-order valence-corrected chi connectivity index (χ3v) is 3.80. The standard InChI is InChI=1S/C19H17F2NO2/c1-13(23)24-11-10-15(19-17(20)8-5-9-18(19)21)16(12-22)14-6-3-2-4-7-14/h2-9,15-16H,10-11H2,1H3/t15-,16?/m1/s1. The first-order chi connectivity index (χ1) is 11.5. The Morgan fingerprint density at radius 2 is 1.75 bits per heavy atom. The van der Waals surface area contributed by atoms with Gasteiger partial charge in [0.15, 0.2) is 0 Å². The summed E-state index contributed by atoms with van der Waals surface area (Å²) in [6, 6.07) is 14.6.